The minimum atomic E-state index is -0.0191. The zero-order chi connectivity index (χ0) is 28.2. The maximum Gasteiger partial charge on any atom is 0.225 e. The van der Waals surface area contributed by atoms with Crippen molar-refractivity contribution in [3.63, 3.8) is 0 Å². The van der Waals surface area contributed by atoms with Gasteiger partial charge in [-0.15, -0.1) is 0 Å². The molecule has 1 unspecified atom stereocenters. The lowest BCUT2D eigenvalue weighted by Crippen LogP contribution is -2.17. The Bertz CT molecular complexity index is 1360. The quantitative estimate of drug-likeness (QED) is 0.173. The smallest absolute Gasteiger partial charge is 0.225 e. The van der Waals surface area contributed by atoms with Gasteiger partial charge >= 0.3 is 0 Å². The fourth-order valence-electron chi connectivity index (χ4n) is 4.62. The second-order valence-corrected chi connectivity index (χ2v) is 10.8. The van der Waals surface area contributed by atoms with Crippen LogP contribution in [0, 0.1) is 5.92 Å². The molecule has 2 heterocycles. The number of nitrogens with zero attached hydrogens (tertiary/aromatic N) is 4. The zero-order valence-electron chi connectivity index (χ0n) is 24.0. The third-order valence-electron chi connectivity index (χ3n) is 6.95. The first-order valence-corrected chi connectivity index (χ1v) is 14.3. The van der Waals surface area contributed by atoms with Crippen molar-refractivity contribution in [3.05, 3.63) is 84.1 Å². The highest BCUT2D eigenvalue weighted by atomic mass is 16.5. The highest BCUT2D eigenvalue weighted by molar-refractivity contribution is 5.90. The molecule has 0 bridgehead atoms. The van der Waals surface area contributed by atoms with Gasteiger partial charge in [-0.05, 0) is 68.6 Å². The van der Waals surface area contributed by atoms with Gasteiger partial charge in [0.05, 0.1) is 25.1 Å². The standard InChI is InChI=1S/C33H41N5O2/c1-25(10-7-14-26-12-5-4-6-13-26)11-8-17-32(39)36-31-19-18-29-33(37-31)35-30(23-34-29)28-16-9-15-27(22-28)24-40-21-20-38(2)3/h4-6,9,12-13,15-16,18-19,22-23,25H,7-8,10-11,14,17,20-21,24H2,1-3H3,(H,35,36,37,39). The number of likely N-dealkylation sites (N-methyl/N-ethyl adjacent to an activating group) is 1. The number of amides is 1. The van der Waals surface area contributed by atoms with Gasteiger partial charge in [-0.3, -0.25) is 9.78 Å². The summed E-state index contributed by atoms with van der Waals surface area (Å²) in [5.41, 5.74) is 5.36. The summed E-state index contributed by atoms with van der Waals surface area (Å²) >= 11 is 0. The van der Waals surface area contributed by atoms with Crippen molar-refractivity contribution in [1.82, 2.24) is 19.9 Å². The number of benzene rings is 2. The number of anilines is 1. The number of nitrogens with one attached hydrogen (secondary N) is 1. The molecule has 40 heavy (non-hydrogen) atoms. The topological polar surface area (TPSA) is 80.2 Å². The number of rotatable bonds is 15. The predicted octanol–water partition coefficient (Wildman–Crippen LogP) is 6.54. The van der Waals surface area contributed by atoms with Crippen LogP contribution in [0.1, 0.15) is 50.2 Å². The van der Waals surface area contributed by atoms with Crippen molar-refractivity contribution in [2.45, 2.75) is 52.1 Å². The van der Waals surface area contributed by atoms with Crippen molar-refractivity contribution in [3.8, 4) is 11.3 Å². The van der Waals surface area contributed by atoms with Gasteiger partial charge in [-0.1, -0.05) is 68.3 Å². The fourth-order valence-corrected chi connectivity index (χ4v) is 4.62. The molecule has 4 rings (SSSR count). The van der Waals surface area contributed by atoms with E-state index >= 15 is 0 Å². The van der Waals surface area contributed by atoms with Crippen LogP contribution >= 0.6 is 0 Å². The van der Waals surface area contributed by atoms with Crippen molar-refractivity contribution in [2.24, 2.45) is 5.92 Å². The van der Waals surface area contributed by atoms with Crippen LogP contribution in [0.2, 0.25) is 0 Å². The number of pyridine rings is 1. The van der Waals surface area contributed by atoms with Gasteiger partial charge in [0.15, 0.2) is 5.65 Å². The Morgan fingerprint density at radius 1 is 0.950 bits per heavy atom. The summed E-state index contributed by atoms with van der Waals surface area (Å²) in [5, 5.41) is 2.94. The molecule has 0 aliphatic carbocycles. The molecule has 7 nitrogen and oxygen atoms in total. The van der Waals surface area contributed by atoms with Gasteiger partial charge in [0.25, 0.3) is 0 Å². The third-order valence-corrected chi connectivity index (χ3v) is 6.95. The molecule has 0 radical (unpaired) electrons. The van der Waals surface area contributed by atoms with E-state index in [-0.39, 0.29) is 5.91 Å². The Hall–Kier alpha value is -3.68. The molecular weight excluding hydrogens is 498 g/mol. The molecular formula is C33H41N5O2. The number of carbonyl (C=O) groups is 1. The van der Waals surface area contributed by atoms with Crippen molar-refractivity contribution in [1.29, 1.82) is 0 Å². The van der Waals surface area contributed by atoms with Crippen LogP contribution < -0.4 is 5.32 Å². The van der Waals surface area contributed by atoms with E-state index in [0.717, 1.165) is 42.6 Å². The van der Waals surface area contributed by atoms with Gasteiger partial charge < -0.3 is 15.0 Å². The first kappa shape index (κ1) is 29.3. The summed E-state index contributed by atoms with van der Waals surface area (Å²) < 4.78 is 5.79. The monoisotopic (exact) mass is 539 g/mol. The Morgan fingerprint density at radius 3 is 2.58 bits per heavy atom. The normalized spacial score (nSPS) is 12.1. The highest BCUT2D eigenvalue weighted by Gasteiger charge is 2.10. The molecule has 1 amide bonds. The Balaban J connectivity index is 1.26. The fraction of sp³-hybridized carbons (Fsp3) is 0.394. The number of ether oxygens (including phenoxy) is 1. The zero-order valence-corrected chi connectivity index (χ0v) is 24.0. The molecule has 0 aliphatic heterocycles. The number of hydrogen-bond acceptors (Lipinski definition) is 6. The van der Waals surface area contributed by atoms with E-state index in [4.69, 9.17) is 9.72 Å². The largest absolute Gasteiger partial charge is 0.375 e. The van der Waals surface area contributed by atoms with Crippen LogP contribution in [0.3, 0.4) is 0 Å². The molecule has 7 heteroatoms. The van der Waals surface area contributed by atoms with E-state index in [9.17, 15) is 4.79 Å². The summed E-state index contributed by atoms with van der Waals surface area (Å²) in [6.45, 7) is 4.38. The second kappa shape index (κ2) is 15.2. The van der Waals surface area contributed by atoms with E-state index in [0.29, 0.717) is 42.5 Å². The summed E-state index contributed by atoms with van der Waals surface area (Å²) in [6, 6.07) is 22.4. The van der Waals surface area contributed by atoms with Crippen molar-refractivity contribution in [2.75, 3.05) is 32.6 Å². The first-order valence-electron chi connectivity index (χ1n) is 14.3. The van der Waals surface area contributed by atoms with Crippen LogP contribution in [-0.2, 0) is 22.6 Å². The Morgan fingerprint density at radius 2 is 1.75 bits per heavy atom. The van der Waals surface area contributed by atoms with Crippen LogP contribution in [0.4, 0.5) is 5.82 Å². The predicted molar refractivity (Wildman–Crippen MR) is 162 cm³/mol. The van der Waals surface area contributed by atoms with Crippen LogP contribution in [0.5, 0.6) is 0 Å². The molecule has 1 atom stereocenters. The van der Waals surface area contributed by atoms with Gasteiger partial charge in [0.1, 0.15) is 11.3 Å². The lowest BCUT2D eigenvalue weighted by atomic mass is 9.96. The third kappa shape index (κ3) is 9.50. The van der Waals surface area contributed by atoms with Crippen LogP contribution in [-0.4, -0.2) is 53.0 Å². The van der Waals surface area contributed by atoms with Crippen LogP contribution in [0.25, 0.3) is 22.4 Å². The average Bonchev–Trinajstić information content (AvgIpc) is 2.95. The molecule has 0 saturated carbocycles. The molecule has 210 valence electrons. The van der Waals surface area contributed by atoms with E-state index in [2.05, 4.69) is 63.5 Å². The Kier molecular flexibility index (Phi) is 11.1. The molecule has 0 spiro atoms. The number of aromatic nitrogens is 3. The van der Waals surface area contributed by atoms with Gasteiger partial charge in [-0.2, -0.15) is 0 Å². The Labute approximate surface area is 238 Å². The van der Waals surface area contributed by atoms with Gasteiger partial charge in [0.2, 0.25) is 5.91 Å². The van der Waals surface area contributed by atoms with Crippen LogP contribution in [0.15, 0.2) is 72.9 Å². The molecule has 0 saturated heterocycles. The van der Waals surface area contributed by atoms with E-state index in [1.54, 1.807) is 12.3 Å². The molecule has 1 N–H and O–H groups in total. The molecule has 0 fully saturated rings. The van der Waals surface area contributed by atoms with Crippen molar-refractivity contribution >= 4 is 22.9 Å². The van der Waals surface area contributed by atoms with Gasteiger partial charge in [0, 0.05) is 18.5 Å². The number of fused-ring (bicyclic) bond motifs is 1. The SMILES string of the molecule is CC(CCCC(=O)Nc1ccc2ncc(-c3cccc(COCCN(C)C)c3)nc2n1)CCCc1ccccc1. The molecule has 2 aromatic heterocycles. The minimum Gasteiger partial charge on any atom is -0.375 e. The van der Waals surface area contributed by atoms with Gasteiger partial charge in [-0.25, -0.2) is 9.97 Å². The van der Waals surface area contributed by atoms with E-state index in [1.807, 2.05) is 38.4 Å². The summed E-state index contributed by atoms with van der Waals surface area (Å²) in [5.74, 6) is 1.09. The highest BCUT2D eigenvalue weighted by Crippen LogP contribution is 2.21. The second-order valence-electron chi connectivity index (χ2n) is 10.8. The number of aryl methyl sites for hydroxylation is 1. The summed E-state index contributed by atoms with van der Waals surface area (Å²) in [7, 11) is 4.06. The molecule has 4 aromatic rings. The first-order chi connectivity index (χ1) is 19.5. The molecule has 2 aromatic carbocycles. The van der Waals surface area contributed by atoms with Crippen molar-refractivity contribution < 1.29 is 9.53 Å². The summed E-state index contributed by atoms with van der Waals surface area (Å²) in [6.07, 6.45) is 7.62. The lowest BCUT2D eigenvalue weighted by Gasteiger charge is -2.11. The maximum atomic E-state index is 12.6. The summed E-state index contributed by atoms with van der Waals surface area (Å²) in [4.78, 5) is 28.6. The average molecular weight is 540 g/mol. The number of hydrogen-bond donors (Lipinski definition) is 1. The lowest BCUT2D eigenvalue weighted by molar-refractivity contribution is -0.116. The van der Waals surface area contributed by atoms with E-state index < -0.39 is 0 Å². The van der Waals surface area contributed by atoms with E-state index in [1.165, 1.54) is 18.4 Å². The minimum absolute atomic E-state index is 0.0191. The number of carbonyl (C=O) groups excluding carboxylic acids is 1. The maximum absolute atomic E-state index is 12.6. The molecule has 0 aliphatic rings.